The van der Waals surface area contributed by atoms with Crippen molar-refractivity contribution in [2.24, 2.45) is 0 Å². The minimum atomic E-state index is -4.48. The second kappa shape index (κ2) is 7.61. The molecule has 0 aliphatic heterocycles. The zero-order valence-corrected chi connectivity index (χ0v) is 14.8. The van der Waals surface area contributed by atoms with E-state index in [1.54, 1.807) is 0 Å². The fourth-order valence-electron chi connectivity index (χ4n) is 2.71. The van der Waals surface area contributed by atoms with Crippen LogP contribution in [0.25, 0.3) is 0 Å². The highest BCUT2D eigenvalue weighted by molar-refractivity contribution is 5.66. The van der Waals surface area contributed by atoms with E-state index in [1.807, 2.05) is 32.0 Å². The van der Waals surface area contributed by atoms with Gasteiger partial charge in [-0.05, 0) is 36.6 Å². The summed E-state index contributed by atoms with van der Waals surface area (Å²) < 4.78 is 39.4. The second-order valence-electron chi connectivity index (χ2n) is 5.92. The number of para-hydroxylation sites is 2. The maximum Gasteiger partial charge on any atom is 0.418 e. The first-order valence-corrected chi connectivity index (χ1v) is 8.37. The van der Waals surface area contributed by atoms with Crippen molar-refractivity contribution in [2.45, 2.75) is 26.4 Å². The smallest absolute Gasteiger partial charge is 0.338 e. The van der Waals surface area contributed by atoms with Crippen LogP contribution in [0, 0.1) is 6.92 Å². The maximum absolute atomic E-state index is 13.1. The van der Waals surface area contributed by atoms with E-state index in [1.165, 1.54) is 24.4 Å². The molecule has 0 saturated carbocycles. The van der Waals surface area contributed by atoms with E-state index in [-0.39, 0.29) is 11.6 Å². The average molecular weight is 373 g/mol. The lowest BCUT2D eigenvalue weighted by Crippen LogP contribution is -2.10. The molecule has 0 spiro atoms. The van der Waals surface area contributed by atoms with Gasteiger partial charge in [0, 0.05) is 5.69 Å². The molecule has 0 fully saturated rings. The Morgan fingerprint density at radius 1 is 1.00 bits per heavy atom. The predicted octanol–water partition coefficient (Wildman–Crippen LogP) is 5.25. The molecule has 0 unspecified atom stereocenters. The van der Waals surface area contributed by atoms with Gasteiger partial charge in [0.1, 0.15) is 0 Å². The number of hydrogen-bond donors (Lipinski definition) is 2. The van der Waals surface area contributed by atoms with E-state index in [9.17, 15) is 13.2 Å². The first-order valence-electron chi connectivity index (χ1n) is 8.37. The van der Waals surface area contributed by atoms with Gasteiger partial charge in [-0.2, -0.15) is 23.3 Å². The van der Waals surface area contributed by atoms with Gasteiger partial charge >= 0.3 is 6.18 Å². The van der Waals surface area contributed by atoms with Crippen molar-refractivity contribution in [3.8, 4) is 0 Å². The number of rotatable bonds is 5. The monoisotopic (exact) mass is 373 g/mol. The molecule has 0 aliphatic rings. The maximum atomic E-state index is 13.1. The summed E-state index contributed by atoms with van der Waals surface area (Å²) in [5.74, 6) is 0.365. The van der Waals surface area contributed by atoms with Crippen molar-refractivity contribution >= 4 is 23.1 Å². The van der Waals surface area contributed by atoms with E-state index in [2.05, 4.69) is 25.8 Å². The zero-order valence-electron chi connectivity index (χ0n) is 14.8. The minimum Gasteiger partial charge on any atom is -0.338 e. The normalized spacial score (nSPS) is 11.3. The van der Waals surface area contributed by atoms with E-state index in [4.69, 9.17) is 0 Å². The van der Waals surface area contributed by atoms with Crippen molar-refractivity contribution < 1.29 is 13.2 Å². The third-order valence-corrected chi connectivity index (χ3v) is 4.03. The van der Waals surface area contributed by atoms with Crippen molar-refractivity contribution in [3.63, 3.8) is 0 Å². The SMILES string of the molecule is CCc1cccc(C)c1Nc1cnnc(Nc2ccccc2C(F)(F)F)n1. The number of anilines is 4. The largest absolute Gasteiger partial charge is 0.418 e. The molecule has 5 nitrogen and oxygen atoms in total. The molecule has 0 aliphatic carbocycles. The molecule has 1 heterocycles. The van der Waals surface area contributed by atoms with Gasteiger partial charge < -0.3 is 10.6 Å². The van der Waals surface area contributed by atoms with E-state index < -0.39 is 11.7 Å². The highest BCUT2D eigenvalue weighted by Crippen LogP contribution is 2.35. The van der Waals surface area contributed by atoms with Gasteiger partial charge in [0.2, 0.25) is 5.95 Å². The number of hydrogen-bond acceptors (Lipinski definition) is 5. The Bertz CT molecular complexity index is 941. The third-order valence-electron chi connectivity index (χ3n) is 4.03. The fourth-order valence-corrected chi connectivity index (χ4v) is 2.71. The van der Waals surface area contributed by atoms with Crippen LogP contribution in [-0.2, 0) is 12.6 Å². The average Bonchev–Trinajstić information content (AvgIpc) is 2.63. The predicted molar refractivity (Wildman–Crippen MR) is 98.4 cm³/mol. The number of alkyl halides is 3. The standard InChI is InChI=1S/C19H18F3N5/c1-3-13-8-6-7-12(2)17(13)25-16-11-23-27-18(26-16)24-15-10-5-4-9-14(15)19(20,21)22/h4-11H,3H2,1-2H3,(H2,24,25,26,27). The van der Waals surface area contributed by atoms with Crippen LogP contribution in [0.15, 0.2) is 48.7 Å². The van der Waals surface area contributed by atoms with E-state index >= 15 is 0 Å². The molecule has 1 aromatic heterocycles. The Hall–Kier alpha value is -3.16. The first-order chi connectivity index (χ1) is 12.9. The van der Waals surface area contributed by atoms with Gasteiger partial charge in [0.15, 0.2) is 5.82 Å². The van der Waals surface area contributed by atoms with Crippen molar-refractivity contribution in [1.29, 1.82) is 0 Å². The van der Waals surface area contributed by atoms with Crippen LogP contribution in [0.5, 0.6) is 0 Å². The van der Waals surface area contributed by atoms with Gasteiger partial charge in [-0.15, -0.1) is 5.10 Å². The first kappa shape index (κ1) is 18.6. The van der Waals surface area contributed by atoms with Gasteiger partial charge in [-0.1, -0.05) is 37.3 Å². The molecule has 0 radical (unpaired) electrons. The van der Waals surface area contributed by atoms with Crippen molar-refractivity contribution in [3.05, 3.63) is 65.4 Å². The summed E-state index contributed by atoms with van der Waals surface area (Å²) >= 11 is 0. The lowest BCUT2D eigenvalue weighted by atomic mass is 10.1. The Labute approximate surface area is 154 Å². The van der Waals surface area contributed by atoms with Crippen molar-refractivity contribution in [1.82, 2.24) is 15.2 Å². The van der Waals surface area contributed by atoms with Crippen LogP contribution < -0.4 is 10.6 Å². The summed E-state index contributed by atoms with van der Waals surface area (Å²) in [4.78, 5) is 4.24. The molecule has 140 valence electrons. The third kappa shape index (κ3) is 4.33. The van der Waals surface area contributed by atoms with Crippen molar-refractivity contribution in [2.75, 3.05) is 10.6 Å². The summed E-state index contributed by atoms with van der Waals surface area (Å²) in [7, 11) is 0. The number of nitrogens with zero attached hydrogens (tertiary/aromatic N) is 3. The van der Waals surface area contributed by atoms with Crippen LogP contribution in [0.2, 0.25) is 0 Å². The highest BCUT2D eigenvalue weighted by atomic mass is 19.4. The Balaban J connectivity index is 1.88. The Morgan fingerprint density at radius 2 is 1.78 bits per heavy atom. The second-order valence-corrected chi connectivity index (χ2v) is 5.92. The number of benzene rings is 2. The molecule has 0 atom stereocenters. The molecule has 0 saturated heterocycles. The molecular formula is C19H18F3N5. The molecular weight excluding hydrogens is 355 g/mol. The van der Waals surface area contributed by atoms with Crippen LogP contribution in [0.4, 0.5) is 36.3 Å². The Kier molecular flexibility index (Phi) is 5.25. The summed E-state index contributed by atoms with van der Waals surface area (Å²) in [6, 6.07) is 11.1. The zero-order chi connectivity index (χ0) is 19.4. The summed E-state index contributed by atoms with van der Waals surface area (Å²) in [6.07, 6.45) is -2.23. The highest BCUT2D eigenvalue weighted by Gasteiger charge is 2.33. The number of aryl methyl sites for hydroxylation is 2. The molecule has 3 aromatic rings. The summed E-state index contributed by atoms with van der Waals surface area (Å²) in [6.45, 7) is 4.01. The van der Waals surface area contributed by atoms with Crippen LogP contribution >= 0.6 is 0 Å². The Morgan fingerprint density at radius 3 is 2.52 bits per heavy atom. The topological polar surface area (TPSA) is 62.7 Å². The van der Waals surface area contributed by atoms with Crippen LogP contribution in [-0.4, -0.2) is 15.2 Å². The molecule has 3 rings (SSSR count). The van der Waals surface area contributed by atoms with Gasteiger partial charge in [0.05, 0.1) is 17.4 Å². The van der Waals surface area contributed by atoms with E-state index in [0.29, 0.717) is 5.82 Å². The number of halogens is 3. The lowest BCUT2D eigenvalue weighted by molar-refractivity contribution is -0.136. The minimum absolute atomic E-state index is 0.0247. The lowest BCUT2D eigenvalue weighted by Gasteiger charge is -2.15. The van der Waals surface area contributed by atoms with Gasteiger partial charge in [-0.25, -0.2) is 0 Å². The molecule has 2 aromatic carbocycles. The summed E-state index contributed by atoms with van der Waals surface area (Å²) in [5.41, 5.74) is 2.12. The molecule has 8 heteroatoms. The molecule has 0 amide bonds. The summed E-state index contributed by atoms with van der Waals surface area (Å²) in [5, 5.41) is 13.4. The van der Waals surface area contributed by atoms with Gasteiger partial charge in [0.25, 0.3) is 0 Å². The fraction of sp³-hybridized carbons (Fsp3) is 0.211. The van der Waals surface area contributed by atoms with Gasteiger partial charge in [-0.3, -0.25) is 0 Å². The van der Waals surface area contributed by atoms with Crippen LogP contribution in [0.1, 0.15) is 23.6 Å². The number of nitrogens with one attached hydrogen (secondary N) is 2. The number of aromatic nitrogens is 3. The molecule has 27 heavy (non-hydrogen) atoms. The molecule has 0 bridgehead atoms. The van der Waals surface area contributed by atoms with E-state index in [0.717, 1.165) is 29.3 Å². The van der Waals surface area contributed by atoms with Crippen LogP contribution in [0.3, 0.4) is 0 Å². The molecule has 2 N–H and O–H groups in total. The quantitative estimate of drug-likeness (QED) is 0.640.